The minimum absolute atomic E-state index is 0.285. The summed E-state index contributed by atoms with van der Waals surface area (Å²) in [6, 6.07) is 13.3. The van der Waals surface area contributed by atoms with Crippen LogP contribution in [-0.2, 0) is 16.0 Å². The number of hydrogen-bond acceptors (Lipinski definition) is 4. The van der Waals surface area contributed by atoms with Gasteiger partial charge in [0.15, 0.2) is 6.61 Å². The van der Waals surface area contributed by atoms with Crippen molar-refractivity contribution in [2.75, 3.05) is 13.2 Å². The maximum absolute atomic E-state index is 11.8. The fourth-order valence-electron chi connectivity index (χ4n) is 2.00. The highest BCUT2D eigenvalue weighted by molar-refractivity contribution is 6.30. The summed E-state index contributed by atoms with van der Waals surface area (Å²) in [5.41, 5.74) is 1.76. The highest BCUT2D eigenvalue weighted by atomic mass is 35.5. The van der Waals surface area contributed by atoms with Crippen molar-refractivity contribution in [3.63, 3.8) is 0 Å². The van der Waals surface area contributed by atoms with Gasteiger partial charge in [-0.25, -0.2) is 4.79 Å². The van der Waals surface area contributed by atoms with Crippen LogP contribution in [0.5, 0.6) is 0 Å². The molecule has 0 radical (unpaired) electrons. The van der Waals surface area contributed by atoms with E-state index in [1.54, 1.807) is 6.07 Å². The third kappa shape index (κ3) is 5.52. The van der Waals surface area contributed by atoms with Crippen molar-refractivity contribution in [1.29, 1.82) is 0 Å². The average molecular weight is 346 g/mol. The number of rotatable bonds is 7. The quantitative estimate of drug-likeness (QED) is 0.618. The van der Waals surface area contributed by atoms with E-state index in [1.165, 1.54) is 24.3 Å². The number of carbonyl (C=O) groups is 3. The second kappa shape index (κ2) is 8.84. The first-order valence-corrected chi connectivity index (χ1v) is 7.70. The molecule has 0 heterocycles. The molecule has 5 nitrogen and oxygen atoms in total. The van der Waals surface area contributed by atoms with Crippen molar-refractivity contribution in [3.8, 4) is 0 Å². The fourth-order valence-corrected chi connectivity index (χ4v) is 2.21. The minimum atomic E-state index is -0.613. The molecule has 0 aliphatic heterocycles. The molecule has 0 aliphatic carbocycles. The van der Waals surface area contributed by atoms with E-state index in [2.05, 4.69) is 5.32 Å². The van der Waals surface area contributed by atoms with Crippen LogP contribution in [0.15, 0.2) is 48.5 Å². The molecular formula is C18H16ClNO4. The Bertz CT molecular complexity index is 728. The van der Waals surface area contributed by atoms with Crippen molar-refractivity contribution in [1.82, 2.24) is 5.32 Å². The van der Waals surface area contributed by atoms with Crippen LogP contribution in [0.3, 0.4) is 0 Å². The number of aldehydes is 1. The van der Waals surface area contributed by atoms with Crippen molar-refractivity contribution >= 4 is 29.8 Å². The number of amides is 1. The first-order chi connectivity index (χ1) is 11.6. The number of carbonyl (C=O) groups excluding carboxylic acids is 3. The Morgan fingerprint density at radius 1 is 1.12 bits per heavy atom. The predicted octanol–water partition coefficient (Wildman–Crippen LogP) is 2.67. The Kier molecular flexibility index (Phi) is 6.51. The molecule has 1 N–H and O–H groups in total. The summed E-state index contributed by atoms with van der Waals surface area (Å²) in [6.07, 6.45) is 1.32. The maximum atomic E-state index is 11.8. The number of hydrogen-bond donors (Lipinski definition) is 1. The third-order valence-electron chi connectivity index (χ3n) is 3.24. The van der Waals surface area contributed by atoms with Gasteiger partial charge in [-0.05, 0) is 36.2 Å². The van der Waals surface area contributed by atoms with Crippen LogP contribution >= 0.6 is 11.6 Å². The molecule has 2 aromatic rings. The summed E-state index contributed by atoms with van der Waals surface area (Å²) < 4.78 is 4.92. The van der Waals surface area contributed by atoms with E-state index in [0.29, 0.717) is 29.8 Å². The zero-order chi connectivity index (χ0) is 17.4. The second-order valence-electron chi connectivity index (χ2n) is 5.05. The van der Waals surface area contributed by atoms with Gasteiger partial charge in [-0.15, -0.1) is 0 Å². The van der Waals surface area contributed by atoms with Crippen LogP contribution in [0.1, 0.15) is 26.3 Å². The van der Waals surface area contributed by atoms with E-state index in [0.717, 1.165) is 5.56 Å². The lowest BCUT2D eigenvalue weighted by Gasteiger charge is -2.07. The SMILES string of the molecule is O=Cc1ccc(C(=O)OCC(=O)NCCc2cccc(Cl)c2)cc1. The molecule has 2 rings (SSSR count). The van der Waals surface area contributed by atoms with Crippen LogP contribution in [0.25, 0.3) is 0 Å². The maximum Gasteiger partial charge on any atom is 0.338 e. The largest absolute Gasteiger partial charge is 0.452 e. The summed E-state index contributed by atoms with van der Waals surface area (Å²) in [5, 5.41) is 3.32. The van der Waals surface area contributed by atoms with Crippen LogP contribution in [-0.4, -0.2) is 31.3 Å². The molecule has 0 atom stereocenters. The first-order valence-electron chi connectivity index (χ1n) is 7.32. The van der Waals surface area contributed by atoms with Crippen LogP contribution in [0.4, 0.5) is 0 Å². The Hall–Kier alpha value is -2.66. The highest BCUT2D eigenvalue weighted by Crippen LogP contribution is 2.10. The lowest BCUT2D eigenvalue weighted by Crippen LogP contribution is -2.30. The average Bonchev–Trinajstić information content (AvgIpc) is 2.60. The van der Waals surface area contributed by atoms with Gasteiger partial charge in [0.1, 0.15) is 6.29 Å². The number of ether oxygens (including phenoxy) is 1. The topological polar surface area (TPSA) is 72.5 Å². The lowest BCUT2D eigenvalue weighted by atomic mass is 10.1. The molecule has 0 saturated carbocycles. The van der Waals surface area contributed by atoms with E-state index >= 15 is 0 Å². The summed E-state index contributed by atoms with van der Waals surface area (Å²) in [7, 11) is 0. The number of nitrogens with one attached hydrogen (secondary N) is 1. The van der Waals surface area contributed by atoms with Gasteiger partial charge in [0, 0.05) is 17.1 Å². The molecule has 124 valence electrons. The van der Waals surface area contributed by atoms with Crippen LogP contribution in [0.2, 0.25) is 5.02 Å². The second-order valence-corrected chi connectivity index (χ2v) is 5.48. The standard InChI is InChI=1S/C18H16ClNO4/c19-16-3-1-2-13(10-16)8-9-20-17(22)12-24-18(23)15-6-4-14(11-21)5-7-15/h1-7,10-11H,8-9,12H2,(H,20,22). The smallest absolute Gasteiger partial charge is 0.338 e. The van der Waals surface area contributed by atoms with Crippen molar-refractivity contribution < 1.29 is 19.1 Å². The summed E-state index contributed by atoms with van der Waals surface area (Å²) >= 11 is 5.88. The van der Waals surface area contributed by atoms with Crippen molar-refractivity contribution in [2.45, 2.75) is 6.42 Å². The van der Waals surface area contributed by atoms with E-state index < -0.39 is 5.97 Å². The molecule has 0 aliphatic rings. The predicted molar refractivity (Wildman–Crippen MR) is 90.3 cm³/mol. The molecule has 1 amide bonds. The van der Waals surface area contributed by atoms with Gasteiger partial charge in [0.05, 0.1) is 5.56 Å². The van der Waals surface area contributed by atoms with Crippen molar-refractivity contribution in [3.05, 3.63) is 70.2 Å². The number of benzene rings is 2. The summed E-state index contributed by atoms with van der Waals surface area (Å²) in [6.45, 7) is 0.0641. The van der Waals surface area contributed by atoms with Gasteiger partial charge < -0.3 is 10.1 Å². The molecule has 0 unspecified atom stereocenters. The molecule has 0 aromatic heterocycles. The molecule has 0 bridgehead atoms. The number of esters is 1. The summed E-state index contributed by atoms with van der Waals surface area (Å²) in [5.74, 6) is -0.993. The lowest BCUT2D eigenvalue weighted by molar-refractivity contribution is -0.124. The van der Waals surface area contributed by atoms with Gasteiger partial charge in [0.2, 0.25) is 0 Å². The highest BCUT2D eigenvalue weighted by Gasteiger charge is 2.10. The van der Waals surface area contributed by atoms with Gasteiger partial charge in [-0.1, -0.05) is 35.9 Å². The van der Waals surface area contributed by atoms with E-state index in [9.17, 15) is 14.4 Å². The molecule has 2 aromatic carbocycles. The first kappa shape index (κ1) is 17.7. The minimum Gasteiger partial charge on any atom is -0.452 e. The van der Waals surface area contributed by atoms with Gasteiger partial charge in [0.25, 0.3) is 5.91 Å². The molecule has 0 fully saturated rings. The van der Waals surface area contributed by atoms with Crippen molar-refractivity contribution in [2.24, 2.45) is 0 Å². The van der Waals surface area contributed by atoms with Crippen LogP contribution < -0.4 is 5.32 Å². The van der Waals surface area contributed by atoms with Gasteiger partial charge in [-0.3, -0.25) is 9.59 Å². The fraction of sp³-hybridized carbons (Fsp3) is 0.167. The Labute approximate surface area is 144 Å². The monoisotopic (exact) mass is 345 g/mol. The molecule has 0 saturated heterocycles. The zero-order valence-corrected chi connectivity index (χ0v) is 13.6. The Morgan fingerprint density at radius 3 is 2.54 bits per heavy atom. The zero-order valence-electron chi connectivity index (χ0n) is 12.8. The van der Waals surface area contributed by atoms with Gasteiger partial charge >= 0.3 is 5.97 Å². The Balaban J connectivity index is 1.72. The molecule has 6 heteroatoms. The van der Waals surface area contributed by atoms with Gasteiger partial charge in [-0.2, -0.15) is 0 Å². The van der Waals surface area contributed by atoms with E-state index in [4.69, 9.17) is 16.3 Å². The molecular weight excluding hydrogens is 330 g/mol. The third-order valence-corrected chi connectivity index (χ3v) is 3.48. The van der Waals surface area contributed by atoms with E-state index in [1.807, 2.05) is 18.2 Å². The van der Waals surface area contributed by atoms with Crippen LogP contribution in [0, 0.1) is 0 Å². The van der Waals surface area contributed by atoms with E-state index in [-0.39, 0.29) is 18.1 Å². The molecule has 0 spiro atoms. The Morgan fingerprint density at radius 2 is 1.88 bits per heavy atom. The summed E-state index contributed by atoms with van der Waals surface area (Å²) in [4.78, 5) is 34.0. The molecule has 24 heavy (non-hydrogen) atoms. The number of halogens is 1. The normalized spacial score (nSPS) is 10.0.